The third kappa shape index (κ3) is 3.44. The maximum absolute atomic E-state index is 13.5. The minimum absolute atomic E-state index is 0.127. The van der Waals surface area contributed by atoms with Gasteiger partial charge in [0.2, 0.25) is 5.91 Å². The van der Waals surface area contributed by atoms with Crippen LogP contribution >= 0.6 is 22.7 Å². The van der Waals surface area contributed by atoms with Gasteiger partial charge >= 0.3 is 0 Å². The van der Waals surface area contributed by atoms with Crippen LogP contribution in [-0.2, 0) is 11.2 Å². The van der Waals surface area contributed by atoms with Crippen molar-refractivity contribution in [1.29, 1.82) is 0 Å². The van der Waals surface area contributed by atoms with Crippen molar-refractivity contribution in [3.63, 3.8) is 0 Å². The van der Waals surface area contributed by atoms with Gasteiger partial charge in [-0.3, -0.25) is 14.2 Å². The lowest BCUT2D eigenvalue weighted by Crippen LogP contribution is -2.42. The SMILES string of the molecule is Cc1sc2nc(C3CC3)n(C3CCN(C(=O)Cc4ccsc4)CC3)c(=O)c2c1C. The summed E-state index contributed by atoms with van der Waals surface area (Å²) in [5.41, 5.74) is 2.29. The number of amides is 1. The topological polar surface area (TPSA) is 55.2 Å². The van der Waals surface area contributed by atoms with Crippen molar-refractivity contribution in [3.05, 3.63) is 49.0 Å². The van der Waals surface area contributed by atoms with E-state index in [0.717, 1.165) is 52.9 Å². The van der Waals surface area contributed by atoms with Crippen LogP contribution in [0.25, 0.3) is 10.2 Å². The molecule has 0 N–H and O–H groups in total. The van der Waals surface area contributed by atoms with Gasteiger partial charge in [-0.15, -0.1) is 11.3 Å². The van der Waals surface area contributed by atoms with Crippen LogP contribution in [-0.4, -0.2) is 33.4 Å². The lowest BCUT2D eigenvalue weighted by molar-refractivity contribution is -0.131. The second kappa shape index (κ2) is 7.36. The number of fused-ring (bicyclic) bond motifs is 1. The molecule has 29 heavy (non-hydrogen) atoms. The number of likely N-dealkylation sites (tertiary alicyclic amines) is 1. The average molecular weight is 428 g/mol. The fraction of sp³-hybridized carbons (Fsp3) is 0.500. The Morgan fingerprint density at radius 2 is 1.97 bits per heavy atom. The van der Waals surface area contributed by atoms with Gasteiger partial charge < -0.3 is 4.90 Å². The van der Waals surface area contributed by atoms with E-state index >= 15 is 0 Å². The van der Waals surface area contributed by atoms with Gasteiger partial charge in [-0.25, -0.2) is 4.98 Å². The molecule has 0 radical (unpaired) electrons. The smallest absolute Gasteiger partial charge is 0.262 e. The van der Waals surface area contributed by atoms with Crippen LogP contribution in [0.15, 0.2) is 21.6 Å². The Kier molecular flexibility index (Phi) is 4.82. The normalized spacial score (nSPS) is 17.9. The number of nitrogens with zero attached hydrogens (tertiary/aromatic N) is 3. The molecule has 0 aromatic carbocycles. The van der Waals surface area contributed by atoms with Crippen LogP contribution < -0.4 is 5.56 Å². The van der Waals surface area contributed by atoms with Crippen LogP contribution in [0.3, 0.4) is 0 Å². The molecule has 5 nitrogen and oxygen atoms in total. The first-order valence-corrected chi connectivity index (χ1v) is 12.1. The summed E-state index contributed by atoms with van der Waals surface area (Å²) in [5, 5.41) is 4.85. The molecule has 1 saturated carbocycles. The average Bonchev–Trinajstić information content (AvgIpc) is 3.36. The fourth-order valence-electron chi connectivity index (χ4n) is 4.36. The summed E-state index contributed by atoms with van der Waals surface area (Å²) in [4.78, 5) is 35.1. The van der Waals surface area contributed by atoms with Crippen LogP contribution in [0.4, 0.5) is 0 Å². The molecular weight excluding hydrogens is 402 g/mol. The van der Waals surface area contributed by atoms with E-state index in [0.29, 0.717) is 25.4 Å². The molecule has 2 aliphatic rings. The molecule has 0 unspecified atom stereocenters. The Morgan fingerprint density at radius 3 is 2.62 bits per heavy atom. The number of piperidine rings is 1. The number of aromatic nitrogens is 2. The second-order valence-corrected chi connectivity index (χ2v) is 10.3. The lowest BCUT2D eigenvalue weighted by Gasteiger charge is -2.34. The number of hydrogen-bond donors (Lipinski definition) is 0. The summed E-state index contributed by atoms with van der Waals surface area (Å²) in [6.07, 6.45) is 4.37. The number of thiophene rings is 2. The summed E-state index contributed by atoms with van der Waals surface area (Å²) in [6, 6.07) is 2.16. The number of hydrogen-bond acceptors (Lipinski definition) is 5. The van der Waals surface area contributed by atoms with Gasteiger partial charge in [0.1, 0.15) is 10.7 Å². The monoisotopic (exact) mass is 427 g/mol. The number of carbonyl (C=O) groups is 1. The zero-order chi connectivity index (χ0) is 20.1. The Balaban J connectivity index is 1.41. The van der Waals surface area contributed by atoms with Gasteiger partial charge in [0, 0.05) is 29.9 Å². The highest BCUT2D eigenvalue weighted by atomic mass is 32.1. The van der Waals surface area contributed by atoms with Crippen LogP contribution in [0.5, 0.6) is 0 Å². The molecule has 0 bridgehead atoms. The minimum Gasteiger partial charge on any atom is -0.342 e. The van der Waals surface area contributed by atoms with Crippen LogP contribution in [0, 0.1) is 13.8 Å². The Morgan fingerprint density at radius 1 is 1.21 bits per heavy atom. The molecule has 0 spiro atoms. The Bertz CT molecular complexity index is 1120. The lowest BCUT2D eigenvalue weighted by atomic mass is 10.0. The van der Waals surface area contributed by atoms with E-state index in [9.17, 15) is 9.59 Å². The summed E-state index contributed by atoms with van der Waals surface area (Å²) in [7, 11) is 0. The zero-order valence-corrected chi connectivity index (χ0v) is 18.4. The standard InChI is InChI=1S/C22H25N3O2S2/c1-13-14(2)29-21-19(13)22(27)25(20(23-21)16-3-4-16)17-5-8-24(9-6-17)18(26)11-15-7-10-28-12-15/h7,10,12,16-17H,3-6,8-9,11H2,1-2H3. The Hall–Kier alpha value is -1.99. The first-order chi connectivity index (χ1) is 14.0. The van der Waals surface area contributed by atoms with E-state index in [4.69, 9.17) is 4.98 Å². The van der Waals surface area contributed by atoms with E-state index in [-0.39, 0.29) is 17.5 Å². The summed E-state index contributed by atoms with van der Waals surface area (Å²) in [5.74, 6) is 1.59. The van der Waals surface area contributed by atoms with E-state index in [1.165, 1.54) is 4.88 Å². The first kappa shape index (κ1) is 19.0. The van der Waals surface area contributed by atoms with Gasteiger partial charge in [-0.05, 0) is 67.5 Å². The first-order valence-electron chi connectivity index (χ1n) is 10.3. The van der Waals surface area contributed by atoms with E-state index < -0.39 is 0 Å². The summed E-state index contributed by atoms with van der Waals surface area (Å²) in [6.45, 7) is 5.53. The molecule has 3 aromatic heterocycles. The second-order valence-electron chi connectivity index (χ2n) is 8.30. The third-order valence-corrected chi connectivity index (χ3v) is 8.16. The molecular formula is C22H25N3O2S2. The quantitative estimate of drug-likeness (QED) is 0.619. The summed E-state index contributed by atoms with van der Waals surface area (Å²) < 4.78 is 2.00. The van der Waals surface area contributed by atoms with Crippen LogP contribution in [0.2, 0.25) is 0 Å². The molecule has 2 fully saturated rings. The number of aryl methyl sites for hydroxylation is 2. The van der Waals surface area contributed by atoms with Crippen molar-refractivity contribution in [2.45, 2.75) is 57.9 Å². The highest BCUT2D eigenvalue weighted by Gasteiger charge is 2.34. The Labute approximate surface area is 178 Å². The predicted molar refractivity (Wildman–Crippen MR) is 118 cm³/mol. The predicted octanol–water partition coefficient (Wildman–Crippen LogP) is 4.42. The van der Waals surface area contributed by atoms with Crippen molar-refractivity contribution >= 4 is 38.8 Å². The van der Waals surface area contributed by atoms with Gasteiger partial charge in [0.25, 0.3) is 5.56 Å². The minimum atomic E-state index is 0.127. The molecule has 0 atom stereocenters. The maximum atomic E-state index is 13.5. The van der Waals surface area contributed by atoms with Crippen molar-refractivity contribution < 1.29 is 4.79 Å². The van der Waals surface area contributed by atoms with Crippen molar-refractivity contribution in [2.75, 3.05) is 13.1 Å². The molecule has 3 aromatic rings. The highest BCUT2D eigenvalue weighted by molar-refractivity contribution is 7.18. The van der Waals surface area contributed by atoms with E-state index in [2.05, 4.69) is 6.92 Å². The zero-order valence-electron chi connectivity index (χ0n) is 16.8. The summed E-state index contributed by atoms with van der Waals surface area (Å²) >= 11 is 3.26. The van der Waals surface area contributed by atoms with Gasteiger partial charge in [-0.1, -0.05) is 0 Å². The molecule has 4 heterocycles. The van der Waals surface area contributed by atoms with E-state index in [1.54, 1.807) is 22.7 Å². The largest absolute Gasteiger partial charge is 0.342 e. The van der Waals surface area contributed by atoms with Crippen molar-refractivity contribution in [2.24, 2.45) is 0 Å². The molecule has 5 rings (SSSR count). The molecule has 1 saturated heterocycles. The van der Waals surface area contributed by atoms with Crippen LogP contribution in [0.1, 0.15) is 59.5 Å². The molecule has 152 valence electrons. The van der Waals surface area contributed by atoms with Crippen molar-refractivity contribution in [1.82, 2.24) is 14.5 Å². The highest BCUT2D eigenvalue weighted by Crippen LogP contribution is 2.41. The van der Waals surface area contributed by atoms with Crippen molar-refractivity contribution in [3.8, 4) is 0 Å². The molecule has 1 amide bonds. The third-order valence-electron chi connectivity index (χ3n) is 6.32. The fourth-order valence-corrected chi connectivity index (χ4v) is 6.05. The van der Waals surface area contributed by atoms with Gasteiger partial charge in [0.15, 0.2) is 0 Å². The maximum Gasteiger partial charge on any atom is 0.262 e. The number of carbonyl (C=O) groups excluding carboxylic acids is 1. The van der Waals surface area contributed by atoms with E-state index in [1.807, 2.05) is 33.2 Å². The molecule has 7 heteroatoms. The van der Waals surface area contributed by atoms with Gasteiger partial charge in [0.05, 0.1) is 11.8 Å². The number of rotatable bonds is 4. The molecule has 1 aliphatic carbocycles. The van der Waals surface area contributed by atoms with Gasteiger partial charge in [-0.2, -0.15) is 11.3 Å². The molecule has 1 aliphatic heterocycles.